The monoisotopic (exact) mass is 566 g/mol. The number of amides is 2. The summed E-state index contributed by atoms with van der Waals surface area (Å²) in [6.07, 6.45) is -0.853. The highest BCUT2D eigenvalue weighted by molar-refractivity contribution is 5.95. The van der Waals surface area contributed by atoms with Gasteiger partial charge in [-0.2, -0.15) is 13.2 Å². The van der Waals surface area contributed by atoms with E-state index in [1.165, 1.54) is 23.4 Å². The summed E-state index contributed by atoms with van der Waals surface area (Å²) < 4.78 is 46.5. The van der Waals surface area contributed by atoms with Gasteiger partial charge in [0.1, 0.15) is 5.75 Å². The van der Waals surface area contributed by atoms with Crippen molar-refractivity contribution in [3.05, 3.63) is 76.7 Å². The van der Waals surface area contributed by atoms with E-state index in [1.807, 2.05) is 18.7 Å². The number of benzene rings is 1. The standard InChI is InChI=1S/C29H29F3N6O3/c1-3-9-34-27(39)25-7-8-26(36-35-25)37-10-12-38(13-11-37)28(40)22-14-20(15-23(17-22)29(30,31)32)5-6-21-16-24(41-4-2)19-33-18-21/h7-8,14-19H,3-4,9-13H2,1-2H3,(H,34,39). The topological polar surface area (TPSA) is 101 Å². The molecule has 0 bridgehead atoms. The Hall–Kier alpha value is -4.66. The van der Waals surface area contributed by atoms with Crippen LogP contribution in [0.3, 0.4) is 0 Å². The van der Waals surface area contributed by atoms with Gasteiger partial charge in [0.15, 0.2) is 11.5 Å². The largest absolute Gasteiger partial charge is 0.492 e. The summed E-state index contributed by atoms with van der Waals surface area (Å²) >= 11 is 0. The molecule has 214 valence electrons. The number of rotatable bonds is 7. The van der Waals surface area contributed by atoms with Crippen LogP contribution in [0.1, 0.15) is 57.8 Å². The molecular formula is C29H29F3N6O3. The average Bonchev–Trinajstić information content (AvgIpc) is 2.98. The van der Waals surface area contributed by atoms with E-state index in [0.717, 1.165) is 18.6 Å². The van der Waals surface area contributed by atoms with Gasteiger partial charge in [-0.05, 0) is 49.7 Å². The maximum absolute atomic E-state index is 13.7. The highest BCUT2D eigenvalue weighted by atomic mass is 19.4. The van der Waals surface area contributed by atoms with Crippen LogP contribution < -0.4 is 15.0 Å². The molecule has 3 aromatic rings. The van der Waals surface area contributed by atoms with Crippen molar-refractivity contribution in [2.45, 2.75) is 26.4 Å². The lowest BCUT2D eigenvalue weighted by molar-refractivity contribution is -0.137. The van der Waals surface area contributed by atoms with Crippen LogP contribution in [-0.2, 0) is 6.18 Å². The van der Waals surface area contributed by atoms with Crippen molar-refractivity contribution in [3.63, 3.8) is 0 Å². The molecule has 0 saturated carbocycles. The van der Waals surface area contributed by atoms with Crippen LogP contribution >= 0.6 is 0 Å². The second-order valence-corrected chi connectivity index (χ2v) is 9.20. The molecule has 9 nitrogen and oxygen atoms in total. The number of carbonyl (C=O) groups is 2. The first kappa shape index (κ1) is 29.3. The molecule has 4 rings (SSSR count). The first-order chi connectivity index (χ1) is 19.7. The first-order valence-electron chi connectivity index (χ1n) is 13.2. The van der Waals surface area contributed by atoms with Gasteiger partial charge in [0.25, 0.3) is 11.8 Å². The lowest BCUT2D eigenvalue weighted by Crippen LogP contribution is -2.49. The van der Waals surface area contributed by atoms with Crippen LogP contribution in [0.5, 0.6) is 5.75 Å². The molecule has 1 aliphatic rings. The Kier molecular flexibility index (Phi) is 9.39. The molecule has 0 unspecified atom stereocenters. The Bertz CT molecular complexity index is 1440. The third-order valence-corrected chi connectivity index (χ3v) is 6.19. The molecule has 2 aromatic heterocycles. The number of alkyl halides is 3. The zero-order chi connectivity index (χ0) is 29.4. The van der Waals surface area contributed by atoms with Crippen molar-refractivity contribution in [2.24, 2.45) is 0 Å². The molecule has 0 atom stereocenters. The summed E-state index contributed by atoms with van der Waals surface area (Å²) in [4.78, 5) is 32.7. The summed E-state index contributed by atoms with van der Waals surface area (Å²) in [6, 6.07) is 8.05. The van der Waals surface area contributed by atoms with Gasteiger partial charge in [-0.1, -0.05) is 18.8 Å². The fourth-order valence-corrected chi connectivity index (χ4v) is 4.13. The Balaban J connectivity index is 1.47. The summed E-state index contributed by atoms with van der Waals surface area (Å²) in [7, 11) is 0. The van der Waals surface area contributed by atoms with Crippen molar-refractivity contribution in [1.82, 2.24) is 25.4 Å². The first-order valence-corrected chi connectivity index (χ1v) is 13.2. The summed E-state index contributed by atoms with van der Waals surface area (Å²) in [5.41, 5.74) is -0.318. The van der Waals surface area contributed by atoms with E-state index < -0.39 is 17.6 Å². The number of nitrogens with zero attached hydrogens (tertiary/aromatic N) is 5. The SMILES string of the molecule is CCCNC(=O)c1ccc(N2CCN(C(=O)c3cc(C#Cc4cncc(OCC)c4)cc(C(F)(F)F)c3)CC2)nn1. The van der Waals surface area contributed by atoms with Crippen LogP contribution in [0.15, 0.2) is 48.8 Å². The average molecular weight is 567 g/mol. The molecule has 2 amide bonds. The number of nitrogens with one attached hydrogen (secondary N) is 1. The molecule has 41 heavy (non-hydrogen) atoms. The molecule has 0 radical (unpaired) electrons. The fraction of sp³-hybridized carbons (Fsp3) is 0.345. The zero-order valence-corrected chi connectivity index (χ0v) is 22.7. The van der Waals surface area contributed by atoms with Crippen molar-refractivity contribution in [3.8, 4) is 17.6 Å². The number of piperazine rings is 1. The fourth-order valence-electron chi connectivity index (χ4n) is 4.13. The smallest absolute Gasteiger partial charge is 0.416 e. The third kappa shape index (κ3) is 7.72. The Labute approximate surface area is 235 Å². The maximum Gasteiger partial charge on any atom is 0.416 e. The molecule has 3 heterocycles. The number of halogens is 3. The van der Waals surface area contributed by atoms with Gasteiger partial charge < -0.3 is 19.9 Å². The van der Waals surface area contributed by atoms with E-state index in [1.54, 1.807) is 18.2 Å². The number of aromatic nitrogens is 3. The number of pyridine rings is 1. The number of anilines is 1. The lowest BCUT2D eigenvalue weighted by atomic mass is 10.0. The highest BCUT2D eigenvalue weighted by Gasteiger charge is 2.32. The molecule has 0 aliphatic carbocycles. The molecule has 1 aliphatic heterocycles. The molecule has 12 heteroatoms. The maximum atomic E-state index is 13.7. The predicted octanol–water partition coefficient (Wildman–Crippen LogP) is 3.79. The molecule has 1 aromatic carbocycles. The summed E-state index contributed by atoms with van der Waals surface area (Å²) in [5, 5.41) is 10.9. The van der Waals surface area contributed by atoms with Gasteiger partial charge >= 0.3 is 6.18 Å². The number of hydrogen-bond acceptors (Lipinski definition) is 7. The highest BCUT2D eigenvalue weighted by Crippen LogP contribution is 2.31. The normalized spacial score (nSPS) is 13.3. The van der Waals surface area contributed by atoms with E-state index in [2.05, 4.69) is 32.3 Å². The third-order valence-electron chi connectivity index (χ3n) is 6.19. The van der Waals surface area contributed by atoms with Crippen LogP contribution in [0.25, 0.3) is 0 Å². The molecule has 0 spiro atoms. The van der Waals surface area contributed by atoms with E-state index in [0.29, 0.717) is 43.4 Å². The van der Waals surface area contributed by atoms with Gasteiger partial charge in [0, 0.05) is 55.6 Å². The summed E-state index contributed by atoms with van der Waals surface area (Å²) in [5.74, 6) is 5.74. The van der Waals surface area contributed by atoms with Gasteiger partial charge in [-0.25, -0.2) is 0 Å². The van der Waals surface area contributed by atoms with Gasteiger partial charge in [-0.15, -0.1) is 10.2 Å². The van der Waals surface area contributed by atoms with Crippen molar-refractivity contribution in [2.75, 3.05) is 44.2 Å². The quantitative estimate of drug-likeness (QED) is 0.435. The molecule has 1 N–H and O–H groups in total. The minimum absolute atomic E-state index is 0.0574. The van der Waals surface area contributed by atoms with Gasteiger partial charge in [0.05, 0.1) is 18.4 Å². The molecular weight excluding hydrogens is 537 g/mol. The van der Waals surface area contributed by atoms with Crippen molar-refractivity contribution in [1.29, 1.82) is 0 Å². The number of hydrogen-bond donors (Lipinski definition) is 1. The van der Waals surface area contributed by atoms with Gasteiger partial charge in [0.2, 0.25) is 0 Å². The van der Waals surface area contributed by atoms with Crippen molar-refractivity contribution < 1.29 is 27.5 Å². The second kappa shape index (κ2) is 13.1. The van der Waals surface area contributed by atoms with Gasteiger partial charge in [-0.3, -0.25) is 14.6 Å². The Morgan fingerprint density at radius 3 is 2.39 bits per heavy atom. The predicted molar refractivity (Wildman–Crippen MR) is 146 cm³/mol. The molecule has 1 fully saturated rings. The van der Waals surface area contributed by atoms with E-state index >= 15 is 0 Å². The minimum Gasteiger partial charge on any atom is -0.492 e. The zero-order valence-electron chi connectivity index (χ0n) is 22.7. The number of ether oxygens (including phenoxy) is 1. The molecule has 1 saturated heterocycles. The minimum atomic E-state index is -4.65. The second-order valence-electron chi connectivity index (χ2n) is 9.20. The van der Waals surface area contributed by atoms with E-state index in [4.69, 9.17) is 4.74 Å². The van der Waals surface area contributed by atoms with Crippen LogP contribution in [0.4, 0.5) is 19.0 Å². The van der Waals surface area contributed by atoms with Crippen LogP contribution in [-0.4, -0.2) is 71.2 Å². The Morgan fingerprint density at radius 1 is 0.976 bits per heavy atom. The Morgan fingerprint density at radius 2 is 1.73 bits per heavy atom. The lowest BCUT2D eigenvalue weighted by Gasteiger charge is -2.35. The van der Waals surface area contributed by atoms with Crippen LogP contribution in [0, 0.1) is 11.8 Å². The summed E-state index contributed by atoms with van der Waals surface area (Å²) in [6.45, 7) is 6.08. The van der Waals surface area contributed by atoms with E-state index in [9.17, 15) is 22.8 Å². The van der Waals surface area contributed by atoms with Crippen molar-refractivity contribution >= 4 is 17.6 Å². The van der Waals surface area contributed by atoms with E-state index in [-0.39, 0.29) is 35.8 Å². The number of carbonyl (C=O) groups excluding carboxylic acids is 2. The van der Waals surface area contributed by atoms with Crippen LogP contribution in [0.2, 0.25) is 0 Å².